The Hall–Kier alpha value is -0.610. The second-order valence-electron chi connectivity index (χ2n) is 6.57. The summed E-state index contributed by atoms with van der Waals surface area (Å²) in [6.45, 7) is 3.41. The van der Waals surface area contributed by atoms with Gasteiger partial charge in [-0.25, -0.2) is 0 Å². The predicted molar refractivity (Wildman–Crippen MR) is 78.6 cm³/mol. The third-order valence-electron chi connectivity index (χ3n) is 4.56. The van der Waals surface area contributed by atoms with Crippen molar-refractivity contribution in [2.75, 3.05) is 20.3 Å². The number of nitrogens with one attached hydrogen (secondary N) is 1. The fourth-order valence-corrected chi connectivity index (χ4v) is 3.02. The number of carbonyl (C=O) groups excluding carboxylic acids is 1. The van der Waals surface area contributed by atoms with Gasteiger partial charge in [-0.1, -0.05) is 19.3 Å². The Morgan fingerprint density at radius 1 is 1.20 bits per heavy atom. The molecule has 2 saturated carbocycles. The van der Waals surface area contributed by atoms with Crippen molar-refractivity contribution in [2.45, 2.75) is 69.9 Å². The largest absolute Gasteiger partial charge is 0.468 e. The van der Waals surface area contributed by atoms with Gasteiger partial charge in [-0.3, -0.25) is 10.1 Å². The first-order valence-corrected chi connectivity index (χ1v) is 8.08. The van der Waals surface area contributed by atoms with Gasteiger partial charge in [0.2, 0.25) is 0 Å². The molecule has 0 heterocycles. The van der Waals surface area contributed by atoms with Crippen LogP contribution in [0.2, 0.25) is 0 Å². The molecule has 0 aromatic carbocycles. The molecule has 1 atom stereocenters. The second kappa shape index (κ2) is 7.41. The van der Waals surface area contributed by atoms with Crippen LogP contribution < -0.4 is 5.32 Å². The Bertz CT molecular complexity index is 311. The van der Waals surface area contributed by atoms with Crippen LogP contribution in [-0.4, -0.2) is 37.9 Å². The highest BCUT2D eigenvalue weighted by Crippen LogP contribution is 2.26. The van der Waals surface area contributed by atoms with Crippen molar-refractivity contribution in [3.63, 3.8) is 0 Å². The molecule has 20 heavy (non-hydrogen) atoms. The normalized spacial score (nSPS) is 23.3. The van der Waals surface area contributed by atoms with E-state index in [0.29, 0.717) is 19.1 Å². The maximum Gasteiger partial charge on any atom is 0.325 e. The lowest BCUT2D eigenvalue weighted by molar-refractivity contribution is -0.149. The van der Waals surface area contributed by atoms with Crippen LogP contribution in [0.4, 0.5) is 0 Å². The molecule has 2 aliphatic rings. The first kappa shape index (κ1) is 15.8. The molecule has 0 saturated heterocycles. The summed E-state index contributed by atoms with van der Waals surface area (Å²) in [4.78, 5) is 12.0. The Balaban J connectivity index is 1.69. The van der Waals surface area contributed by atoms with E-state index in [9.17, 15) is 4.79 Å². The number of carbonyl (C=O) groups is 1. The highest BCUT2D eigenvalue weighted by Gasteiger charge is 2.39. The number of hydrogen-bond donors (Lipinski definition) is 1. The molecule has 1 N–H and O–H groups in total. The summed E-state index contributed by atoms with van der Waals surface area (Å²) in [5.41, 5.74) is -0.595. The molecule has 0 bridgehead atoms. The van der Waals surface area contributed by atoms with Crippen LogP contribution in [0.5, 0.6) is 0 Å². The van der Waals surface area contributed by atoms with Gasteiger partial charge in [0.05, 0.1) is 7.11 Å². The van der Waals surface area contributed by atoms with Gasteiger partial charge in [0.15, 0.2) is 0 Å². The molecule has 4 heteroatoms. The van der Waals surface area contributed by atoms with Gasteiger partial charge in [-0.05, 0) is 44.9 Å². The first-order valence-electron chi connectivity index (χ1n) is 8.08. The highest BCUT2D eigenvalue weighted by molar-refractivity contribution is 5.80. The summed E-state index contributed by atoms with van der Waals surface area (Å²) >= 11 is 0. The van der Waals surface area contributed by atoms with E-state index in [4.69, 9.17) is 9.47 Å². The summed E-state index contributed by atoms with van der Waals surface area (Å²) in [7, 11) is 1.46. The quantitative estimate of drug-likeness (QED) is 0.549. The molecular formula is C16H29NO3. The molecule has 4 nitrogen and oxygen atoms in total. The van der Waals surface area contributed by atoms with Crippen LogP contribution in [0.15, 0.2) is 0 Å². The predicted octanol–water partition coefficient (Wildman–Crippen LogP) is 2.66. The Labute approximate surface area is 122 Å². The maximum absolute atomic E-state index is 12.0. The molecular weight excluding hydrogens is 254 g/mol. The van der Waals surface area contributed by atoms with Gasteiger partial charge in [0, 0.05) is 19.3 Å². The summed E-state index contributed by atoms with van der Waals surface area (Å²) in [5, 5.41) is 3.40. The molecule has 0 spiro atoms. The number of hydrogen-bond acceptors (Lipinski definition) is 4. The molecule has 2 rings (SSSR count). The van der Waals surface area contributed by atoms with Crippen molar-refractivity contribution in [2.24, 2.45) is 5.92 Å². The molecule has 116 valence electrons. The topological polar surface area (TPSA) is 47.6 Å². The van der Waals surface area contributed by atoms with Gasteiger partial charge in [0.1, 0.15) is 5.54 Å². The fourth-order valence-electron chi connectivity index (χ4n) is 3.02. The van der Waals surface area contributed by atoms with Crippen LogP contribution in [-0.2, 0) is 14.3 Å². The minimum absolute atomic E-state index is 0.175. The molecule has 0 radical (unpaired) electrons. The van der Waals surface area contributed by atoms with E-state index >= 15 is 0 Å². The Morgan fingerprint density at radius 3 is 2.50 bits per heavy atom. The molecule has 2 aliphatic carbocycles. The van der Waals surface area contributed by atoms with Crippen molar-refractivity contribution >= 4 is 5.97 Å². The van der Waals surface area contributed by atoms with E-state index in [1.165, 1.54) is 39.2 Å². The van der Waals surface area contributed by atoms with Crippen LogP contribution in [0.3, 0.4) is 0 Å². The zero-order valence-corrected chi connectivity index (χ0v) is 13.0. The van der Waals surface area contributed by atoms with Crippen LogP contribution in [0.25, 0.3) is 0 Å². The lowest BCUT2D eigenvalue weighted by Crippen LogP contribution is -2.52. The van der Waals surface area contributed by atoms with Crippen LogP contribution in [0, 0.1) is 5.92 Å². The zero-order valence-electron chi connectivity index (χ0n) is 13.0. The average molecular weight is 283 g/mol. The average Bonchev–Trinajstić information content (AvgIpc) is 3.27. The minimum atomic E-state index is -0.595. The number of ether oxygens (including phenoxy) is 2. The summed E-state index contributed by atoms with van der Waals surface area (Å²) < 4.78 is 10.8. The van der Waals surface area contributed by atoms with Crippen LogP contribution >= 0.6 is 0 Å². The van der Waals surface area contributed by atoms with E-state index in [1.807, 2.05) is 6.92 Å². The van der Waals surface area contributed by atoms with Crippen molar-refractivity contribution in [1.29, 1.82) is 0 Å². The molecule has 0 aromatic heterocycles. The lowest BCUT2D eigenvalue weighted by atomic mass is 9.90. The van der Waals surface area contributed by atoms with Crippen molar-refractivity contribution in [3.8, 4) is 0 Å². The van der Waals surface area contributed by atoms with Gasteiger partial charge in [0.25, 0.3) is 0 Å². The lowest BCUT2D eigenvalue weighted by Gasteiger charge is -2.28. The number of rotatable bonds is 8. The fraction of sp³-hybridized carbons (Fsp3) is 0.938. The summed E-state index contributed by atoms with van der Waals surface area (Å²) in [6.07, 6.45) is 9.67. The van der Waals surface area contributed by atoms with E-state index in [2.05, 4.69) is 5.32 Å². The number of methoxy groups -OCH3 is 1. The molecule has 1 unspecified atom stereocenters. The van der Waals surface area contributed by atoms with Crippen LogP contribution in [0.1, 0.15) is 58.3 Å². The molecule has 0 aliphatic heterocycles. The molecule has 2 fully saturated rings. The minimum Gasteiger partial charge on any atom is -0.468 e. The third-order valence-corrected chi connectivity index (χ3v) is 4.56. The Kier molecular flexibility index (Phi) is 5.85. The summed E-state index contributed by atoms with van der Waals surface area (Å²) in [6, 6.07) is 0.484. The van der Waals surface area contributed by atoms with Gasteiger partial charge in [-0.2, -0.15) is 0 Å². The zero-order chi connectivity index (χ0) is 14.4. The van der Waals surface area contributed by atoms with E-state index in [-0.39, 0.29) is 5.97 Å². The monoisotopic (exact) mass is 283 g/mol. The van der Waals surface area contributed by atoms with E-state index in [0.717, 1.165) is 25.4 Å². The highest BCUT2D eigenvalue weighted by atomic mass is 16.5. The second-order valence-corrected chi connectivity index (χ2v) is 6.57. The van der Waals surface area contributed by atoms with Gasteiger partial charge in [-0.15, -0.1) is 0 Å². The van der Waals surface area contributed by atoms with Crippen molar-refractivity contribution in [1.82, 2.24) is 5.32 Å². The maximum atomic E-state index is 12.0. The molecule has 0 aromatic rings. The standard InChI is InChI=1S/C16H29NO3/c1-16(15(18)19-2,17-14-8-9-14)10-11-20-12-13-6-4-3-5-7-13/h13-14,17H,3-12H2,1-2H3. The van der Waals surface area contributed by atoms with Gasteiger partial charge >= 0.3 is 5.97 Å². The van der Waals surface area contributed by atoms with E-state index in [1.54, 1.807) is 0 Å². The smallest absolute Gasteiger partial charge is 0.325 e. The Morgan fingerprint density at radius 2 is 1.90 bits per heavy atom. The van der Waals surface area contributed by atoms with Crippen molar-refractivity contribution in [3.05, 3.63) is 0 Å². The number of esters is 1. The SMILES string of the molecule is COC(=O)C(C)(CCOCC1CCCCC1)NC1CC1. The van der Waals surface area contributed by atoms with E-state index < -0.39 is 5.54 Å². The van der Waals surface area contributed by atoms with Gasteiger partial charge < -0.3 is 9.47 Å². The van der Waals surface area contributed by atoms with Crippen molar-refractivity contribution < 1.29 is 14.3 Å². The third kappa shape index (κ3) is 4.74. The first-order chi connectivity index (χ1) is 9.64. The molecule has 0 amide bonds. The summed E-state index contributed by atoms with van der Waals surface area (Å²) in [5.74, 6) is 0.551.